The molecule has 0 aliphatic heterocycles. The van der Waals surface area contributed by atoms with Crippen molar-refractivity contribution in [3.8, 4) is 11.8 Å². The minimum absolute atomic E-state index is 0.114. The molecule has 0 saturated heterocycles. The molecule has 1 aromatic carbocycles. The first-order valence-corrected chi connectivity index (χ1v) is 7.14. The van der Waals surface area contributed by atoms with Crippen LogP contribution < -0.4 is 0 Å². The Morgan fingerprint density at radius 3 is 2.79 bits per heavy atom. The van der Waals surface area contributed by atoms with Crippen molar-refractivity contribution in [2.24, 2.45) is 0 Å². The van der Waals surface area contributed by atoms with Crippen LogP contribution in [-0.2, 0) is 11.3 Å². The molecule has 2 nitrogen and oxygen atoms in total. The zero-order chi connectivity index (χ0) is 13.8. The van der Waals surface area contributed by atoms with Crippen molar-refractivity contribution >= 4 is 0 Å². The lowest BCUT2D eigenvalue weighted by Crippen LogP contribution is -1.98. The minimum Gasteiger partial charge on any atom is -0.395 e. The second-order valence-electron chi connectivity index (χ2n) is 4.55. The maximum Gasteiger partial charge on any atom is 0.0728 e. The molecule has 0 saturated carbocycles. The van der Waals surface area contributed by atoms with Gasteiger partial charge in [0, 0.05) is 18.6 Å². The smallest absolute Gasteiger partial charge is 0.0728 e. The van der Waals surface area contributed by atoms with Crippen LogP contribution in [0.3, 0.4) is 0 Å². The van der Waals surface area contributed by atoms with Gasteiger partial charge in [0.2, 0.25) is 0 Å². The van der Waals surface area contributed by atoms with Crippen LogP contribution in [0.25, 0.3) is 0 Å². The molecule has 2 heteroatoms. The predicted octanol–water partition coefficient (Wildman–Crippen LogP) is 3.52. The third kappa shape index (κ3) is 7.00. The Balaban J connectivity index is 2.38. The lowest BCUT2D eigenvalue weighted by molar-refractivity contribution is 0.116. The number of ether oxygens (including phenoxy) is 1. The van der Waals surface area contributed by atoms with Crippen molar-refractivity contribution in [3.63, 3.8) is 0 Å². The highest BCUT2D eigenvalue weighted by molar-refractivity contribution is 5.40. The van der Waals surface area contributed by atoms with Gasteiger partial charge in [-0.05, 0) is 18.1 Å². The topological polar surface area (TPSA) is 29.5 Å². The van der Waals surface area contributed by atoms with E-state index in [0.717, 1.165) is 24.2 Å². The summed E-state index contributed by atoms with van der Waals surface area (Å²) in [6.07, 6.45) is 5.43. The van der Waals surface area contributed by atoms with Gasteiger partial charge in [0.15, 0.2) is 0 Å². The highest BCUT2D eigenvalue weighted by Gasteiger charge is 1.99. The van der Waals surface area contributed by atoms with Crippen LogP contribution >= 0.6 is 0 Å². The molecule has 0 aliphatic rings. The van der Waals surface area contributed by atoms with Gasteiger partial charge < -0.3 is 9.84 Å². The Hall–Kier alpha value is -1.30. The molecule has 0 atom stereocenters. The van der Waals surface area contributed by atoms with Gasteiger partial charge in [0.05, 0.1) is 13.2 Å². The van der Waals surface area contributed by atoms with Gasteiger partial charge in [-0.15, -0.1) is 0 Å². The molecule has 19 heavy (non-hydrogen) atoms. The summed E-state index contributed by atoms with van der Waals surface area (Å²) in [5.41, 5.74) is 2.13. The predicted molar refractivity (Wildman–Crippen MR) is 78.8 cm³/mol. The first-order chi connectivity index (χ1) is 9.38. The van der Waals surface area contributed by atoms with Gasteiger partial charge in [0.25, 0.3) is 0 Å². The van der Waals surface area contributed by atoms with Crippen LogP contribution in [0.5, 0.6) is 0 Å². The largest absolute Gasteiger partial charge is 0.395 e. The summed E-state index contributed by atoms with van der Waals surface area (Å²) in [5, 5.41) is 8.73. The molecule has 0 aliphatic carbocycles. The second kappa shape index (κ2) is 10.6. The van der Waals surface area contributed by atoms with Crippen molar-refractivity contribution in [3.05, 3.63) is 35.4 Å². The normalized spacial score (nSPS) is 10.0. The fourth-order valence-electron chi connectivity index (χ4n) is 1.79. The monoisotopic (exact) mass is 260 g/mol. The molecule has 1 aromatic rings. The van der Waals surface area contributed by atoms with Crippen molar-refractivity contribution in [2.75, 3.05) is 13.2 Å². The summed E-state index contributed by atoms with van der Waals surface area (Å²) in [5.74, 6) is 6.04. The van der Waals surface area contributed by atoms with Crippen LogP contribution in [0.4, 0.5) is 0 Å². The van der Waals surface area contributed by atoms with E-state index in [1.807, 2.05) is 18.2 Å². The van der Waals surface area contributed by atoms with Gasteiger partial charge in [-0.25, -0.2) is 0 Å². The van der Waals surface area contributed by atoms with E-state index in [1.54, 1.807) is 0 Å². The Bertz CT molecular complexity index is 401. The number of aliphatic hydroxyl groups is 1. The molecule has 104 valence electrons. The first kappa shape index (κ1) is 15.8. The molecule has 0 amide bonds. The summed E-state index contributed by atoms with van der Waals surface area (Å²) in [4.78, 5) is 0. The van der Waals surface area contributed by atoms with Crippen molar-refractivity contribution in [2.45, 2.75) is 45.6 Å². The van der Waals surface area contributed by atoms with E-state index in [0.29, 0.717) is 13.0 Å². The van der Waals surface area contributed by atoms with E-state index in [1.165, 1.54) is 19.3 Å². The Kier molecular flexibility index (Phi) is 8.80. The zero-order valence-electron chi connectivity index (χ0n) is 11.8. The van der Waals surface area contributed by atoms with E-state index in [9.17, 15) is 0 Å². The summed E-state index contributed by atoms with van der Waals surface area (Å²) in [7, 11) is 0. The van der Waals surface area contributed by atoms with Gasteiger partial charge >= 0.3 is 0 Å². The van der Waals surface area contributed by atoms with Crippen molar-refractivity contribution in [1.82, 2.24) is 0 Å². The molecular formula is C17H24O2. The molecular weight excluding hydrogens is 236 g/mol. The molecule has 0 unspecified atom stereocenters. The summed E-state index contributed by atoms with van der Waals surface area (Å²) in [6.45, 7) is 3.76. The first-order valence-electron chi connectivity index (χ1n) is 7.14. The number of hydrogen-bond acceptors (Lipinski definition) is 2. The van der Waals surface area contributed by atoms with Crippen LogP contribution in [0.2, 0.25) is 0 Å². The molecule has 0 aromatic heterocycles. The molecule has 0 radical (unpaired) electrons. The molecule has 0 spiro atoms. The molecule has 0 bridgehead atoms. The average molecular weight is 260 g/mol. The van der Waals surface area contributed by atoms with Gasteiger partial charge in [0.1, 0.15) is 0 Å². The quantitative estimate of drug-likeness (QED) is 0.572. The maximum atomic E-state index is 8.73. The highest BCUT2D eigenvalue weighted by atomic mass is 16.5. The summed E-state index contributed by atoms with van der Waals surface area (Å²) >= 11 is 0. The van der Waals surface area contributed by atoms with E-state index in [-0.39, 0.29) is 6.61 Å². The second-order valence-corrected chi connectivity index (χ2v) is 4.55. The summed E-state index contributed by atoms with van der Waals surface area (Å²) < 4.78 is 5.70. The standard InChI is InChI=1S/C17H24O2/c1-2-3-4-9-14-19-15-17-12-6-5-10-16(17)11-7-8-13-18/h5-6,10,12,18H,2-4,8-9,13-15H2,1H3. The van der Waals surface area contributed by atoms with Crippen LogP contribution in [0.1, 0.15) is 50.2 Å². The fraction of sp³-hybridized carbons (Fsp3) is 0.529. The van der Waals surface area contributed by atoms with Crippen molar-refractivity contribution in [1.29, 1.82) is 0 Å². The number of hydrogen-bond donors (Lipinski definition) is 1. The van der Waals surface area contributed by atoms with E-state index >= 15 is 0 Å². The number of rotatable bonds is 8. The van der Waals surface area contributed by atoms with Crippen LogP contribution in [-0.4, -0.2) is 18.3 Å². The maximum absolute atomic E-state index is 8.73. The minimum atomic E-state index is 0.114. The third-order valence-corrected chi connectivity index (χ3v) is 2.88. The molecule has 1 N–H and O–H groups in total. The van der Waals surface area contributed by atoms with E-state index in [4.69, 9.17) is 9.84 Å². The van der Waals surface area contributed by atoms with Crippen LogP contribution in [0, 0.1) is 11.8 Å². The SMILES string of the molecule is CCCCCCOCc1ccccc1C#CCCO. The van der Waals surface area contributed by atoms with Gasteiger partial charge in [-0.3, -0.25) is 0 Å². The third-order valence-electron chi connectivity index (χ3n) is 2.88. The summed E-state index contributed by atoms with van der Waals surface area (Å²) in [6, 6.07) is 8.04. The Morgan fingerprint density at radius 1 is 1.16 bits per heavy atom. The lowest BCUT2D eigenvalue weighted by atomic mass is 10.1. The van der Waals surface area contributed by atoms with Crippen LogP contribution in [0.15, 0.2) is 24.3 Å². The molecule has 1 rings (SSSR count). The van der Waals surface area contributed by atoms with Gasteiger partial charge in [-0.2, -0.15) is 0 Å². The Labute approximate surface area is 116 Å². The number of benzene rings is 1. The fourth-order valence-corrected chi connectivity index (χ4v) is 1.79. The highest BCUT2D eigenvalue weighted by Crippen LogP contribution is 2.09. The Morgan fingerprint density at radius 2 is 2.00 bits per heavy atom. The van der Waals surface area contributed by atoms with E-state index in [2.05, 4.69) is 24.8 Å². The lowest BCUT2D eigenvalue weighted by Gasteiger charge is -2.06. The van der Waals surface area contributed by atoms with E-state index < -0.39 is 0 Å². The van der Waals surface area contributed by atoms with Gasteiger partial charge in [-0.1, -0.05) is 56.2 Å². The number of aliphatic hydroxyl groups excluding tert-OH is 1. The van der Waals surface area contributed by atoms with Crippen molar-refractivity contribution < 1.29 is 9.84 Å². The molecule has 0 heterocycles. The zero-order valence-corrected chi connectivity index (χ0v) is 11.8. The number of unbranched alkanes of at least 4 members (excludes halogenated alkanes) is 3. The average Bonchev–Trinajstić information content (AvgIpc) is 2.44. The molecule has 0 fully saturated rings.